The summed E-state index contributed by atoms with van der Waals surface area (Å²) in [7, 11) is 1.71. The van der Waals surface area contributed by atoms with Crippen molar-refractivity contribution in [3.63, 3.8) is 0 Å². The van der Waals surface area contributed by atoms with Crippen molar-refractivity contribution >= 4 is 0 Å². The number of rotatable bonds is 2. The van der Waals surface area contributed by atoms with Crippen molar-refractivity contribution in [3.05, 3.63) is 16.3 Å². The molecule has 0 unspecified atom stereocenters. The zero-order valence-electron chi connectivity index (χ0n) is 9.35. The second-order valence-corrected chi connectivity index (χ2v) is 4.51. The normalized spacial score (nSPS) is 25.9. The van der Waals surface area contributed by atoms with Crippen molar-refractivity contribution < 1.29 is 4.74 Å². The highest BCUT2D eigenvalue weighted by Gasteiger charge is 2.30. The number of hydrogen-bond acceptors (Lipinski definition) is 4. The number of hydrogen-bond donors (Lipinski definition) is 1. The molecule has 1 aromatic heterocycles. The molecule has 3 rings (SSSR count). The average Bonchev–Trinajstić information content (AvgIpc) is 2.78. The summed E-state index contributed by atoms with van der Waals surface area (Å²) in [5, 5.41) is 7.54. The second-order valence-electron chi connectivity index (χ2n) is 4.51. The largest absolute Gasteiger partial charge is 0.381 e. The Bertz CT molecular complexity index is 440. The molecule has 0 amide bonds. The van der Waals surface area contributed by atoms with Gasteiger partial charge in [0.05, 0.1) is 12.6 Å². The summed E-state index contributed by atoms with van der Waals surface area (Å²) >= 11 is 0. The Balaban J connectivity index is 2.01. The van der Waals surface area contributed by atoms with Crippen molar-refractivity contribution in [2.45, 2.75) is 18.4 Å². The predicted molar refractivity (Wildman–Crippen MR) is 57.6 cm³/mol. The Labute approximate surface area is 93.2 Å². The molecular formula is C10H16N4O2. The molecule has 6 heteroatoms. The number of ether oxygens (including phenoxy) is 1. The Hall–Kier alpha value is -1.14. The Kier molecular flexibility index (Phi) is 2.33. The van der Waals surface area contributed by atoms with Gasteiger partial charge in [-0.1, -0.05) is 0 Å². The van der Waals surface area contributed by atoms with E-state index in [9.17, 15) is 4.79 Å². The van der Waals surface area contributed by atoms with Crippen LogP contribution in [-0.2, 0) is 11.8 Å². The summed E-state index contributed by atoms with van der Waals surface area (Å²) in [5.41, 5.74) is -0.00611. The number of aromatic nitrogens is 3. The molecule has 6 nitrogen and oxygen atoms in total. The van der Waals surface area contributed by atoms with Crippen molar-refractivity contribution in [2.24, 2.45) is 7.05 Å². The summed E-state index contributed by atoms with van der Waals surface area (Å²) in [6, 6.07) is 0.275. The standard InChI is InChI=1S/C10H16N4O2/c1-13-10(15)14(8-4-11-5-8)9(12-13)7-2-3-16-6-7/h7-8,11H,2-6H2,1H3/t7-/m1/s1. The van der Waals surface area contributed by atoms with E-state index in [1.165, 1.54) is 4.68 Å². The maximum absolute atomic E-state index is 12.0. The summed E-state index contributed by atoms with van der Waals surface area (Å²) in [6.45, 7) is 3.20. The Morgan fingerprint density at radius 1 is 1.50 bits per heavy atom. The van der Waals surface area contributed by atoms with Gasteiger partial charge in [-0.2, -0.15) is 5.10 Å². The van der Waals surface area contributed by atoms with Gasteiger partial charge in [0.2, 0.25) is 0 Å². The van der Waals surface area contributed by atoms with E-state index in [4.69, 9.17) is 4.74 Å². The van der Waals surface area contributed by atoms with Crippen LogP contribution in [0.2, 0.25) is 0 Å². The first-order valence-corrected chi connectivity index (χ1v) is 5.71. The van der Waals surface area contributed by atoms with Crippen LogP contribution in [0.3, 0.4) is 0 Å². The van der Waals surface area contributed by atoms with Crippen LogP contribution >= 0.6 is 0 Å². The minimum Gasteiger partial charge on any atom is -0.381 e. The van der Waals surface area contributed by atoms with Gasteiger partial charge in [-0.05, 0) is 6.42 Å². The van der Waals surface area contributed by atoms with Crippen molar-refractivity contribution in [2.75, 3.05) is 26.3 Å². The highest BCUT2D eigenvalue weighted by Crippen LogP contribution is 2.25. The third-order valence-electron chi connectivity index (χ3n) is 3.40. The summed E-state index contributed by atoms with van der Waals surface area (Å²) in [6.07, 6.45) is 0.969. The zero-order chi connectivity index (χ0) is 11.1. The molecule has 0 radical (unpaired) electrons. The van der Waals surface area contributed by atoms with Crippen molar-refractivity contribution in [1.29, 1.82) is 0 Å². The lowest BCUT2D eigenvalue weighted by atomic mass is 10.1. The molecule has 2 aliphatic rings. The molecule has 2 fully saturated rings. The Morgan fingerprint density at radius 2 is 2.31 bits per heavy atom. The van der Waals surface area contributed by atoms with Crippen LogP contribution in [-0.4, -0.2) is 40.7 Å². The van der Waals surface area contributed by atoms with Gasteiger partial charge in [0, 0.05) is 32.7 Å². The molecule has 1 N–H and O–H groups in total. The van der Waals surface area contributed by atoms with Gasteiger partial charge >= 0.3 is 5.69 Å². The van der Waals surface area contributed by atoms with Crippen LogP contribution in [0.1, 0.15) is 24.2 Å². The maximum Gasteiger partial charge on any atom is 0.346 e. The van der Waals surface area contributed by atoms with Crippen LogP contribution in [0, 0.1) is 0 Å². The van der Waals surface area contributed by atoms with Crippen LogP contribution in [0.15, 0.2) is 4.79 Å². The molecular weight excluding hydrogens is 208 g/mol. The van der Waals surface area contributed by atoms with E-state index in [0.29, 0.717) is 6.61 Å². The maximum atomic E-state index is 12.0. The molecule has 0 spiro atoms. The molecule has 88 valence electrons. The molecule has 2 aliphatic heterocycles. The van der Waals surface area contributed by atoms with E-state index in [2.05, 4.69) is 10.4 Å². The lowest BCUT2D eigenvalue weighted by Gasteiger charge is -2.29. The molecule has 2 saturated heterocycles. The van der Waals surface area contributed by atoms with Crippen molar-refractivity contribution in [1.82, 2.24) is 19.7 Å². The van der Waals surface area contributed by atoms with E-state index >= 15 is 0 Å². The molecule has 3 heterocycles. The molecule has 0 bridgehead atoms. The lowest BCUT2D eigenvalue weighted by molar-refractivity contribution is 0.191. The van der Waals surface area contributed by atoms with E-state index in [1.807, 2.05) is 4.57 Å². The van der Waals surface area contributed by atoms with E-state index in [0.717, 1.165) is 31.9 Å². The van der Waals surface area contributed by atoms with Gasteiger partial charge in [-0.15, -0.1) is 0 Å². The molecule has 0 aliphatic carbocycles. The second kappa shape index (κ2) is 3.71. The first-order chi connectivity index (χ1) is 7.77. The first-order valence-electron chi connectivity index (χ1n) is 5.71. The Morgan fingerprint density at radius 3 is 2.88 bits per heavy atom. The highest BCUT2D eigenvalue weighted by atomic mass is 16.5. The van der Waals surface area contributed by atoms with Crippen LogP contribution in [0.4, 0.5) is 0 Å². The molecule has 16 heavy (non-hydrogen) atoms. The summed E-state index contributed by atoms with van der Waals surface area (Å²) in [5.74, 6) is 1.19. The molecule has 1 aromatic rings. The van der Waals surface area contributed by atoms with Gasteiger partial charge in [0.1, 0.15) is 5.82 Å². The third kappa shape index (κ3) is 1.41. The average molecular weight is 224 g/mol. The fourth-order valence-corrected chi connectivity index (χ4v) is 2.31. The molecule has 0 saturated carbocycles. The quantitative estimate of drug-likeness (QED) is 0.716. The monoisotopic (exact) mass is 224 g/mol. The minimum atomic E-state index is -0.00611. The first kappa shape index (κ1) is 10.0. The van der Waals surface area contributed by atoms with Crippen LogP contribution in [0.25, 0.3) is 0 Å². The number of aryl methyl sites for hydroxylation is 1. The van der Waals surface area contributed by atoms with E-state index < -0.39 is 0 Å². The number of nitrogens with zero attached hydrogens (tertiary/aromatic N) is 3. The highest BCUT2D eigenvalue weighted by molar-refractivity contribution is 5.03. The van der Waals surface area contributed by atoms with Crippen molar-refractivity contribution in [3.8, 4) is 0 Å². The van der Waals surface area contributed by atoms with Gasteiger partial charge in [-0.25, -0.2) is 9.48 Å². The van der Waals surface area contributed by atoms with E-state index in [1.54, 1.807) is 7.05 Å². The SMILES string of the molecule is Cn1nc([C@@H]2CCOC2)n(C2CNC2)c1=O. The van der Waals surface area contributed by atoms with Gasteiger partial charge < -0.3 is 10.1 Å². The zero-order valence-corrected chi connectivity index (χ0v) is 9.35. The van der Waals surface area contributed by atoms with Crippen LogP contribution in [0.5, 0.6) is 0 Å². The molecule has 0 aromatic carbocycles. The fourth-order valence-electron chi connectivity index (χ4n) is 2.31. The predicted octanol–water partition coefficient (Wildman–Crippen LogP) is -0.770. The fraction of sp³-hybridized carbons (Fsp3) is 0.800. The summed E-state index contributed by atoms with van der Waals surface area (Å²) < 4.78 is 8.65. The van der Waals surface area contributed by atoms with E-state index in [-0.39, 0.29) is 17.6 Å². The topological polar surface area (TPSA) is 61.1 Å². The molecule has 1 atom stereocenters. The minimum absolute atomic E-state index is 0.00611. The lowest BCUT2D eigenvalue weighted by Crippen LogP contribution is -2.47. The number of nitrogens with one attached hydrogen (secondary N) is 1. The van der Waals surface area contributed by atoms with Gasteiger partial charge in [-0.3, -0.25) is 4.57 Å². The van der Waals surface area contributed by atoms with Crippen LogP contribution < -0.4 is 11.0 Å². The summed E-state index contributed by atoms with van der Waals surface area (Å²) in [4.78, 5) is 12.0. The smallest absolute Gasteiger partial charge is 0.346 e. The third-order valence-corrected chi connectivity index (χ3v) is 3.40. The van der Waals surface area contributed by atoms with Gasteiger partial charge in [0.15, 0.2) is 0 Å². The van der Waals surface area contributed by atoms with Gasteiger partial charge in [0.25, 0.3) is 0 Å².